The lowest BCUT2D eigenvalue weighted by atomic mass is 10.00. The number of imidazole rings is 1. The number of thiazole rings is 1. The van der Waals surface area contributed by atoms with Crippen LogP contribution >= 0.6 is 11.3 Å². The zero-order valence-corrected chi connectivity index (χ0v) is 16.4. The van der Waals surface area contributed by atoms with Crippen LogP contribution in [0.15, 0.2) is 72.9 Å². The maximum atomic E-state index is 4.91. The third-order valence-corrected chi connectivity index (χ3v) is 6.99. The van der Waals surface area contributed by atoms with Crippen molar-refractivity contribution in [2.75, 3.05) is 0 Å². The highest BCUT2D eigenvalue weighted by Crippen LogP contribution is 2.33. The molecule has 0 fully saturated rings. The van der Waals surface area contributed by atoms with E-state index in [4.69, 9.17) is 4.98 Å². The second-order valence-electron chi connectivity index (χ2n) is 7.60. The van der Waals surface area contributed by atoms with Crippen LogP contribution < -0.4 is 0 Å². The van der Waals surface area contributed by atoms with Gasteiger partial charge in [-0.25, -0.2) is 4.98 Å². The van der Waals surface area contributed by atoms with E-state index in [1.807, 2.05) is 11.3 Å². The molecule has 2 heterocycles. The van der Waals surface area contributed by atoms with Crippen molar-refractivity contribution < 1.29 is 0 Å². The summed E-state index contributed by atoms with van der Waals surface area (Å²) in [4.78, 5) is 7.59. The van der Waals surface area contributed by atoms with E-state index in [2.05, 4.69) is 77.3 Å². The largest absolute Gasteiger partial charge is 0.294 e. The topological polar surface area (TPSA) is 17.3 Å². The highest BCUT2D eigenvalue weighted by Gasteiger charge is 2.18. The highest BCUT2D eigenvalue weighted by atomic mass is 32.1. The molecule has 0 amide bonds. The number of rotatable bonds is 2. The maximum absolute atomic E-state index is 4.91. The lowest BCUT2D eigenvalue weighted by Crippen LogP contribution is -2.01. The second-order valence-corrected chi connectivity index (χ2v) is 8.66. The summed E-state index contributed by atoms with van der Waals surface area (Å²) in [6.07, 6.45) is 7.25. The molecule has 0 saturated carbocycles. The fraction of sp³-hybridized carbons (Fsp3) is 0.160. The molecule has 1 aliphatic carbocycles. The molecule has 0 spiro atoms. The third kappa shape index (κ3) is 2.58. The molecule has 3 heteroatoms. The first-order valence-electron chi connectivity index (χ1n) is 9.94. The standard InChI is InChI=1S/C25H20N2S/c1-2-6-20-15-21(14-11-17(20)5-1)18-9-12-19(13-10-18)22-16-27-23-7-3-4-8-24(23)28-25(27)26-22/h1-2,5-6,9-16H,3-4,7-8H2. The summed E-state index contributed by atoms with van der Waals surface area (Å²) in [5.41, 5.74) is 6.24. The number of aromatic nitrogens is 2. The van der Waals surface area contributed by atoms with Gasteiger partial charge in [0, 0.05) is 22.3 Å². The van der Waals surface area contributed by atoms with Crippen molar-refractivity contribution >= 4 is 27.1 Å². The van der Waals surface area contributed by atoms with Crippen molar-refractivity contribution in [2.24, 2.45) is 0 Å². The Morgan fingerprint density at radius 1 is 0.750 bits per heavy atom. The monoisotopic (exact) mass is 380 g/mol. The Morgan fingerprint density at radius 3 is 2.39 bits per heavy atom. The number of hydrogen-bond donors (Lipinski definition) is 0. The van der Waals surface area contributed by atoms with Gasteiger partial charge in [-0.1, -0.05) is 60.7 Å². The predicted molar refractivity (Wildman–Crippen MR) is 118 cm³/mol. The fourth-order valence-corrected chi connectivity index (χ4v) is 5.50. The molecule has 0 unspecified atom stereocenters. The van der Waals surface area contributed by atoms with Gasteiger partial charge in [0.25, 0.3) is 0 Å². The molecule has 0 saturated heterocycles. The van der Waals surface area contributed by atoms with Crippen LogP contribution in [-0.2, 0) is 12.8 Å². The summed E-state index contributed by atoms with van der Waals surface area (Å²) in [7, 11) is 0. The van der Waals surface area contributed by atoms with Gasteiger partial charge in [-0.3, -0.25) is 4.40 Å². The Morgan fingerprint density at radius 2 is 1.50 bits per heavy atom. The van der Waals surface area contributed by atoms with Crippen LogP contribution in [0.3, 0.4) is 0 Å². The molecular weight excluding hydrogens is 360 g/mol. The van der Waals surface area contributed by atoms with Crippen LogP contribution in [0.2, 0.25) is 0 Å². The van der Waals surface area contributed by atoms with E-state index in [0.717, 1.165) is 10.7 Å². The van der Waals surface area contributed by atoms with Crippen LogP contribution in [-0.4, -0.2) is 9.38 Å². The number of benzene rings is 3. The summed E-state index contributed by atoms with van der Waals surface area (Å²) < 4.78 is 2.33. The van der Waals surface area contributed by atoms with Crippen molar-refractivity contribution in [1.82, 2.24) is 9.38 Å². The lowest BCUT2D eigenvalue weighted by Gasteiger charge is -2.09. The molecule has 3 aromatic carbocycles. The lowest BCUT2D eigenvalue weighted by molar-refractivity contribution is 0.674. The minimum absolute atomic E-state index is 1.07. The van der Waals surface area contributed by atoms with Gasteiger partial charge in [-0.15, -0.1) is 11.3 Å². The van der Waals surface area contributed by atoms with Crippen LogP contribution in [0.5, 0.6) is 0 Å². The van der Waals surface area contributed by atoms with Crippen LogP contribution in [0.1, 0.15) is 23.4 Å². The Hall–Kier alpha value is -2.91. The summed E-state index contributed by atoms with van der Waals surface area (Å²) in [6.45, 7) is 0. The van der Waals surface area contributed by atoms with Gasteiger partial charge in [0.05, 0.1) is 5.69 Å². The second kappa shape index (κ2) is 6.32. The summed E-state index contributed by atoms with van der Waals surface area (Å²) in [5.74, 6) is 0. The quantitative estimate of drug-likeness (QED) is 0.331. The van der Waals surface area contributed by atoms with E-state index < -0.39 is 0 Å². The summed E-state index contributed by atoms with van der Waals surface area (Å²) >= 11 is 1.87. The van der Waals surface area contributed by atoms with Crippen molar-refractivity contribution in [2.45, 2.75) is 25.7 Å². The zero-order valence-electron chi connectivity index (χ0n) is 15.6. The summed E-state index contributed by atoms with van der Waals surface area (Å²) in [5, 5.41) is 2.56. The van der Waals surface area contributed by atoms with Crippen LogP contribution in [0, 0.1) is 0 Å². The molecule has 28 heavy (non-hydrogen) atoms. The number of aryl methyl sites for hydroxylation is 2. The van der Waals surface area contributed by atoms with Gasteiger partial charge >= 0.3 is 0 Å². The van der Waals surface area contributed by atoms with E-state index in [9.17, 15) is 0 Å². The Labute approximate surface area is 168 Å². The molecule has 0 bridgehead atoms. The number of nitrogens with zero attached hydrogens (tertiary/aromatic N) is 2. The highest BCUT2D eigenvalue weighted by molar-refractivity contribution is 7.17. The first-order chi connectivity index (χ1) is 13.8. The normalized spacial score (nSPS) is 13.9. The Balaban J connectivity index is 1.36. The van der Waals surface area contributed by atoms with Crippen molar-refractivity contribution in [3.63, 3.8) is 0 Å². The van der Waals surface area contributed by atoms with Crippen molar-refractivity contribution in [3.05, 3.63) is 83.5 Å². The van der Waals surface area contributed by atoms with E-state index in [0.29, 0.717) is 0 Å². The fourth-order valence-electron chi connectivity index (χ4n) is 4.31. The van der Waals surface area contributed by atoms with Gasteiger partial charge in [0.2, 0.25) is 0 Å². The molecule has 2 aromatic heterocycles. The zero-order chi connectivity index (χ0) is 18.5. The third-order valence-electron chi connectivity index (χ3n) is 5.83. The molecule has 1 aliphatic rings. The maximum Gasteiger partial charge on any atom is 0.194 e. The molecule has 136 valence electrons. The average Bonchev–Trinajstić information content (AvgIpc) is 3.32. The molecule has 0 N–H and O–H groups in total. The number of hydrogen-bond acceptors (Lipinski definition) is 2. The van der Waals surface area contributed by atoms with Gasteiger partial charge < -0.3 is 0 Å². The SMILES string of the molecule is c1ccc2cc(-c3ccc(-c4cn5c6c(sc5n4)CCCC6)cc3)ccc2c1. The molecule has 2 nitrogen and oxygen atoms in total. The van der Waals surface area contributed by atoms with E-state index >= 15 is 0 Å². The molecular formula is C25H20N2S. The van der Waals surface area contributed by atoms with E-state index in [-0.39, 0.29) is 0 Å². The average molecular weight is 381 g/mol. The Kier molecular flexibility index (Phi) is 3.63. The molecule has 0 atom stereocenters. The minimum atomic E-state index is 1.07. The van der Waals surface area contributed by atoms with Crippen LogP contribution in [0.4, 0.5) is 0 Å². The number of fused-ring (bicyclic) bond motifs is 4. The van der Waals surface area contributed by atoms with E-state index in [1.165, 1.54) is 63.7 Å². The van der Waals surface area contributed by atoms with Gasteiger partial charge in [-0.05, 0) is 53.6 Å². The van der Waals surface area contributed by atoms with E-state index in [1.54, 1.807) is 0 Å². The Bertz CT molecular complexity index is 1310. The van der Waals surface area contributed by atoms with Crippen LogP contribution in [0.25, 0.3) is 38.1 Å². The smallest absolute Gasteiger partial charge is 0.194 e. The van der Waals surface area contributed by atoms with Crippen molar-refractivity contribution in [3.8, 4) is 22.4 Å². The predicted octanol–water partition coefficient (Wildman–Crippen LogP) is 6.76. The summed E-state index contributed by atoms with van der Waals surface area (Å²) in [6, 6.07) is 24.0. The first kappa shape index (κ1) is 16.1. The molecule has 6 rings (SSSR count). The minimum Gasteiger partial charge on any atom is -0.294 e. The first-order valence-corrected chi connectivity index (χ1v) is 10.8. The van der Waals surface area contributed by atoms with Gasteiger partial charge in [0.1, 0.15) is 0 Å². The van der Waals surface area contributed by atoms with Gasteiger partial charge in [0.15, 0.2) is 4.96 Å². The van der Waals surface area contributed by atoms with Crippen molar-refractivity contribution in [1.29, 1.82) is 0 Å². The molecule has 5 aromatic rings. The molecule has 0 radical (unpaired) electrons. The molecule has 0 aliphatic heterocycles. The van der Waals surface area contributed by atoms with Gasteiger partial charge in [-0.2, -0.15) is 0 Å².